The predicted octanol–water partition coefficient (Wildman–Crippen LogP) is 4.92. The first-order valence-electron chi connectivity index (χ1n) is 9.61. The fourth-order valence-electron chi connectivity index (χ4n) is 4.01. The molecular weight excluding hydrogens is 390 g/mol. The summed E-state index contributed by atoms with van der Waals surface area (Å²) in [7, 11) is 0. The van der Waals surface area contributed by atoms with E-state index in [1.165, 1.54) is 23.3 Å². The van der Waals surface area contributed by atoms with Crippen LogP contribution in [-0.2, 0) is 17.6 Å². The van der Waals surface area contributed by atoms with E-state index < -0.39 is 0 Å². The molecule has 1 aliphatic carbocycles. The molecule has 1 fully saturated rings. The number of rotatable bonds is 4. The molecule has 1 aromatic carbocycles. The van der Waals surface area contributed by atoms with Crippen molar-refractivity contribution < 1.29 is 9.32 Å². The van der Waals surface area contributed by atoms with Gasteiger partial charge >= 0.3 is 0 Å². The number of carbonyl (C=O) groups is 1. The van der Waals surface area contributed by atoms with E-state index in [-0.39, 0.29) is 11.8 Å². The van der Waals surface area contributed by atoms with E-state index in [0.29, 0.717) is 24.7 Å². The summed E-state index contributed by atoms with van der Waals surface area (Å²) < 4.78 is 5.57. The monoisotopic (exact) mass is 411 g/mol. The Hall–Kier alpha value is -2.12. The first-order chi connectivity index (χ1) is 13.7. The van der Waals surface area contributed by atoms with Crippen LogP contribution in [0.25, 0.3) is 10.8 Å². The lowest BCUT2D eigenvalue weighted by Gasteiger charge is -2.16. The molecule has 3 aromatic rings. The molecule has 0 N–H and O–H groups in total. The van der Waals surface area contributed by atoms with Gasteiger partial charge < -0.3 is 9.42 Å². The predicted molar refractivity (Wildman–Crippen MR) is 112 cm³/mol. The molecule has 28 heavy (non-hydrogen) atoms. The van der Waals surface area contributed by atoms with Gasteiger partial charge in [0.2, 0.25) is 5.91 Å². The Morgan fingerprint density at radius 1 is 1.25 bits per heavy atom. The Bertz CT molecular complexity index is 1000. The quantitative estimate of drug-likeness (QED) is 0.570. The minimum atomic E-state index is -0.0301. The van der Waals surface area contributed by atoms with E-state index in [4.69, 9.17) is 4.52 Å². The Morgan fingerprint density at radius 3 is 3.00 bits per heavy atom. The second kappa shape index (κ2) is 7.37. The van der Waals surface area contributed by atoms with Crippen molar-refractivity contribution in [2.75, 3.05) is 17.7 Å². The van der Waals surface area contributed by atoms with Crippen LogP contribution in [-0.4, -0.2) is 28.8 Å². The van der Waals surface area contributed by atoms with Crippen LogP contribution in [0.3, 0.4) is 0 Å². The Labute approximate surface area is 172 Å². The van der Waals surface area contributed by atoms with Crippen LogP contribution < -0.4 is 4.90 Å². The zero-order valence-corrected chi connectivity index (χ0v) is 17.3. The van der Waals surface area contributed by atoms with Gasteiger partial charge in [0.05, 0.1) is 4.88 Å². The van der Waals surface area contributed by atoms with Crippen molar-refractivity contribution in [2.45, 2.75) is 42.9 Å². The van der Waals surface area contributed by atoms with Crippen molar-refractivity contribution in [1.82, 2.24) is 10.1 Å². The highest BCUT2D eigenvalue weighted by atomic mass is 32.2. The lowest BCUT2D eigenvalue weighted by Crippen LogP contribution is -2.24. The number of anilines is 1. The number of thiophene rings is 1. The fraction of sp³-hybridized carbons (Fsp3) is 0.381. The third-order valence-electron chi connectivity index (χ3n) is 5.50. The molecule has 7 heteroatoms. The van der Waals surface area contributed by atoms with Crippen LogP contribution in [0, 0.1) is 0 Å². The zero-order chi connectivity index (χ0) is 19.1. The van der Waals surface area contributed by atoms with Crippen LogP contribution in [0.15, 0.2) is 39.8 Å². The van der Waals surface area contributed by atoms with E-state index in [0.717, 1.165) is 28.3 Å². The molecule has 2 aromatic heterocycles. The summed E-state index contributed by atoms with van der Waals surface area (Å²) in [5, 5.41) is 4.21. The Morgan fingerprint density at radius 2 is 2.14 bits per heavy atom. The topological polar surface area (TPSA) is 59.2 Å². The van der Waals surface area contributed by atoms with Gasteiger partial charge in [-0.15, -0.1) is 23.1 Å². The lowest BCUT2D eigenvalue weighted by molar-refractivity contribution is -0.117. The van der Waals surface area contributed by atoms with Crippen molar-refractivity contribution in [2.24, 2.45) is 0 Å². The first-order valence-corrected chi connectivity index (χ1v) is 11.7. The zero-order valence-electron chi connectivity index (χ0n) is 15.7. The number of aryl methyl sites for hydroxylation is 2. The van der Waals surface area contributed by atoms with E-state index in [9.17, 15) is 4.79 Å². The lowest BCUT2D eigenvalue weighted by atomic mass is 9.99. The van der Waals surface area contributed by atoms with E-state index in [1.807, 2.05) is 23.3 Å². The highest BCUT2D eigenvalue weighted by Gasteiger charge is 2.35. The van der Waals surface area contributed by atoms with Gasteiger partial charge in [0.25, 0.3) is 5.89 Å². The second-order valence-electron chi connectivity index (χ2n) is 7.33. The largest absolute Gasteiger partial charge is 0.333 e. The smallest absolute Gasteiger partial charge is 0.268 e. The standard InChI is InChI=1S/C21H21N3O2S2/c1-27-16-7-4-6-15(11-16)24-12-14(10-19(24)25)20-22-21(26-23-20)18-9-13-5-2-3-8-17(13)28-18/h4,6-7,9,11,14H,2-3,5,8,10,12H2,1H3. The summed E-state index contributed by atoms with van der Waals surface area (Å²) in [5.74, 6) is 1.31. The molecule has 1 saturated heterocycles. The van der Waals surface area contributed by atoms with E-state index >= 15 is 0 Å². The van der Waals surface area contributed by atoms with Crippen LogP contribution in [0.4, 0.5) is 5.69 Å². The molecule has 3 heterocycles. The molecule has 2 aliphatic rings. The molecule has 1 unspecified atom stereocenters. The summed E-state index contributed by atoms with van der Waals surface area (Å²) in [5.41, 5.74) is 2.37. The minimum absolute atomic E-state index is 0.0301. The molecule has 1 aliphatic heterocycles. The van der Waals surface area contributed by atoms with Crippen molar-refractivity contribution in [3.05, 3.63) is 46.6 Å². The normalized spacial score (nSPS) is 19.2. The minimum Gasteiger partial charge on any atom is -0.333 e. The summed E-state index contributed by atoms with van der Waals surface area (Å²) in [4.78, 5) is 22.8. The van der Waals surface area contributed by atoms with Gasteiger partial charge in [-0.3, -0.25) is 4.79 Å². The number of nitrogens with zero attached hydrogens (tertiary/aromatic N) is 3. The number of hydrogen-bond acceptors (Lipinski definition) is 6. The van der Waals surface area contributed by atoms with Gasteiger partial charge in [-0.25, -0.2) is 0 Å². The Kier molecular flexibility index (Phi) is 4.72. The number of hydrogen-bond donors (Lipinski definition) is 0. The molecule has 144 valence electrons. The number of fused-ring (bicyclic) bond motifs is 1. The average Bonchev–Trinajstić information content (AvgIpc) is 3.45. The maximum absolute atomic E-state index is 12.6. The van der Waals surface area contributed by atoms with Gasteiger partial charge in [-0.1, -0.05) is 11.2 Å². The average molecular weight is 412 g/mol. The summed E-state index contributed by atoms with van der Waals surface area (Å²) >= 11 is 3.45. The number of aromatic nitrogens is 2. The molecule has 0 radical (unpaired) electrons. The van der Waals surface area contributed by atoms with Crippen molar-refractivity contribution in [1.29, 1.82) is 0 Å². The first kappa shape index (κ1) is 17.9. The van der Waals surface area contributed by atoms with Gasteiger partial charge in [0.1, 0.15) is 0 Å². The maximum atomic E-state index is 12.6. The molecule has 1 atom stereocenters. The molecule has 0 spiro atoms. The van der Waals surface area contributed by atoms with Crippen LogP contribution in [0.5, 0.6) is 0 Å². The summed E-state index contributed by atoms with van der Waals surface area (Å²) in [6, 6.07) is 10.3. The van der Waals surface area contributed by atoms with Crippen molar-refractivity contribution in [3.8, 4) is 10.8 Å². The second-order valence-corrected chi connectivity index (χ2v) is 9.35. The molecule has 1 amide bonds. The third kappa shape index (κ3) is 3.26. The number of carbonyl (C=O) groups excluding carboxylic acids is 1. The molecule has 0 saturated carbocycles. The summed E-state index contributed by atoms with van der Waals surface area (Å²) in [6.45, 7) is 0.594. The number of benzene rings is 1. The van der Waals surface area contributed by atoms with Gasteiger partial charge in [0, 0.05) is 34.3 Å². The SMILES string of the molecule is CSc1cccc(N2CC(c3noc(-c4cc5c(s4)CCCC5)n3)CC2=O)c1. The highest BCUT2D eigenvalue weighted by molar-refractivity contribution is 7.98. The molecule has 5 rings (SSSR count). The van der Waals surface area contributed by atoms with Crippen LogP contribution in [0.1, 0.15) is 41.4 Å². The van der Waals surface area contributed by atoms with Gasteiger partial charge in [-0.2, -0.15) is 4.98 Å². The number of thioether (sulfide) groups is 1. The van der Waals surface area contributed by atoms with E-state index in [2.05, 4.69) is 28.3 Å². The Balaban J connectivity index is 1.36. The number of amides is 1. The van der Waals surface area contributed by atoms with Gasteiger partial charge in [-0.05, 0) is 61.8 Å². The highest BCUT2D eigenvalue weighted by Crippen LogP contribution is 2.37. The van der Waals surface area contributed by atoms with Gasteiger partial charge in [0.15, 0.2) is 5.82 Å². The van der Waals surface area contributed by atoms with E-state index in [1.54, 1.807) is 23.1 Å². The third-order valence-corrected chi connectivity index (χ3v) is 7.45. The maximum Gasteiger partial charge on any atom is 0.268 e. The van der Waals surface area contributed by atoms with Crippen molar-refractivity contribution >= 4 is 34.7 Å². The molecule has 0 bridgehead atoms. The fourth-order valence-corrected chi connectivity index (χ4v) is 5.63. The summed E-state index contributed by atoms with van der Waals surface area (Å²) in [6.07, 6.45) is 7.28. The molecule has 5 nitrogen and oxygen atoms in total. The van der Waals surface area contributed by atoms with Crippen LogP contribution in [0.2, 0.25) is 0 Å². The molecular formula is C21H21N3O2S2. The van der Waals surface area contributed by atoms with Crippen LogP contribution >= 0.6 is 23.1 Å². The van der Waals surface area contributed by atoms with Crippen molar-refractivity contribution in [3.63, 3.8) is 0 Å².